The maximum atomic E-state index is 4.93. The second kappa shape index (κ2) is 5.56. The molecule has 1 N–H and O–H groups in total. The van der Waals surface area contributed by atoms with Gasteiger partial charge in [0.15, 0.2) is 11.6 Å². The number of para-hydroxylation sites is 2. The molecule has 0 radical (unpaired) electrons. The number of hydrogen-bond donors (Lipinski definition) is 1. The van der Waals surface area contributed by atoms with Crippen LogP contribution in [0.3, 0.4) is 0 Å². The second-order valence-electron chi connectivity index (χ2n) is 6.70. The molecular weight excluding hydrogens is 320 g/mol. The lowest BCUT2D eigenvalue weighted by Crippen LogP contribution is -2.20. The van der Waals surface area contributed by atoms with E-state index in [1.807, 2.05) is 24.3 Å². The van der Waals surface area contributed by atoms with E-state index in [1.54, 1.807) is 0 Å². The van der Waals surface area contributed by atoms with Gasteiger partial charge in [-0.15, -0.1) is 0 Å². The van der Waals surface area contributed by atoms with Gasteiger partial charge in [0, 0.05) is 5.69 Å². The Balaban J connectivity index is 1.80. The number of aromatic nitrogens is 2. The van der Waals surface area contributed by atoms with Crippen LogP contribution in [0.2, 0.25) is 0 Å². The third-order valence-corrected chi connectivity index (χ3v) is 4.70. The molecule has 0 spiro atoms. The maximum absolute atomic E-state index is 4.93. The number of anilines is 5. The minimum atomic E-state index is 0.778. The fourth-order valence-electron chi connectivity index (χ4n) is 3.36. The topological polar surface area (TPSA) is 41.0 Å². The molecule has 0 fully saturated rings. The first-order chi connectivity index (χ1) is 12.7. The molecule has 0 atom stereocenters. The summed E-state index contributed by atoms with van der Waals surface area (Å²) in [5.74, 6) is 1.60. The summed E-state index contributed by atoms with van der Waals surface area (Å²) in [5.41, 5.74) is 7.42. The van der Waals surface area contributed by atoms with Crippen LogP contribution in [0.1, 0.15) is 11.1 Å². The second-order valence-corrected chi connectivity index (χ2v) is 6.70. The quantitative estimate of drug-likeness (QED) is 0.421. The molecule has 1 aromatic heterocycles. The van der Waals surface area contributed by atoms with Crippen molar-refractivity contribution in [2.24, 2.45) is 0 Å². The molecule has 4 aromatic rings. The summed E-state index contributed by atoms with van der Waals surface area (Å²) >= 11 is 0. The van der Waals surface area contributed by atoms with E-state index in [4.69, 9.17) is 9.97 Å². The summed E-state index contributed by atoms with van der Waals surface area (Å²) < 4.78 is 0. The lowest BCUT2D eigenvalue weighted by Gasteiger charge is -2.32. The van der Waals surface area contributed by atoms with E-state index in [-0.39, 0.29) is 0 Å². The van der Waals surface area contributed by atoms with Gasteiger partial charge in [-0.3, -0.25) is 4.90 Å². The molecule has 0 aliphatic carbocycles. The van der Waals surface area contributed by atoms with Gasteiger partial charge in [-0.25, -0.2) is 9.97 Å². The highest BCUT2D eigenvalue weighted by molar-refractivity contribution is 5.96. The zero-order valence-electron chi connectivity index (χ0n) is 14.7. The van der Waals surface area contributed by atoms with Gasteiger partial charge < -0.3 is 5.32 Å². The first-order valence-corrected chi connectivity index (χ1v) is 8.70. The van der Waals surface area contributed by atoms with Gasteiger partial charge in [0.25, 0.3) is 0 Å². The monoisotopic (exact) mass is 338 g/mol. The molecule has 3 aromatic carbocycles. The molecule has 5 rings (SSSR count). The Morgan fingerprint density at radius 2 is 1.46 bits per heavy atom. The van der Waals surface area contributed by atoms with E-state index in [0.717, 1.165) is 39.7 Å². The predicted molar refractivity (Wildman–Crippen MR) is 107 cm³/mol. The van der Waals surface area contributed by atoms with Gasteiger partial charge in [0.1, 0.15) is 0 Å². The summed E-state index contributed by atoms with van der Waals surface area (Å²) in [7, 11) is 0. The molecule has 0 bridgehead atoms. The molecular formula is C22H18N4. The van der Waals surface area contributed by atoms with Crippen LogP contribution in [0, 0.1) is 13.8 Å². The van der Waals surface area contributed by atoms with Gasteiger partial charge in [-0.05, 0) is 55.8 Å². The molecule has 2 heterocycles. The summed E-state index contributed by atoms with van der Waals surface area (Å²) in [6.07, 6.45) is 0. The molecule has 1 aliphatic heterocycles. The van der Waals surface area contributed by atoms with Crippen LogP contribution in [0.4, 0.5) is 28.7 Å². The van der Waals surface area contributed by atoms with Crippen LogP contribution in [-0.2, 0) is 0 Å². The van der Waals surface area contributed by atoms with Crippen LogP contribution in [0.15, 0.2) is 66.7 Å². The lowest BCUT2D eigenvalue weighted by molar-refractivity contribution is 1.14. The van der Waals surface area contributed by atoms with Gasteiger partial charge in [-0.2, -0.15) is 0 Å². The molecule has 126 valence electrons. The number of nitrogens with zero attached hydrogens (tertiary/aromatic N) is 3. The Bertz CT molecular complexity index is 1130. The minimum absolute atomic E-state index is 0.778. The van der Waals surface area contributed by atoms with Crippen molar-refractivity contribution < 1.29 is 0 Å². The Labute approximate surface area is 152 Å². The zero-order chi connectivity index (χ0) is 17.7. The standard InChI is InChI=1S/C22H18N4/c1-14-7-10-16(11-8-14)26-20-13-15(2)9-12-19(20)24-21-22(26)25-18-6-4-3-5-17(18)23-21/h3-13H,1-2H3,(H,23,24). The van der Waals surface area contributed by atoms with Crippen molar-refractivity contribution in [2.75, 3.05) is 10.2 Å². The predicted octanol–water partition coefficient (Wildman–Crippen LogP) is 5.77. The van der Waals surface area contributed by atoms with E-state index in [0.29, 0.717) is 0 Å². The van der Waals surface area contributed by atoms with Crippen molar-refractivity contribution in [2.45, 2.75) is 13.8 Å². The Kier molecular flexibility index (Phi) is 3.19. The van der Waals surface area contributed by atoms with Crippen LogP contribution in [0.5, 0.6) is 0 Å². The number of nitrogens with one attached hydrogen (secondary N) is 1. The highest BCUT2D eigenvalue weighted by atomic mass is 15.3. The van der Waals surface area contributed by atoms with Gasteiger partial charge in [0.2, 0.25) is 0 Å². The Morgan fingerprint density at radius 3 is 2.23 bits per heavy atom. The molecule has 0 saturated carbocycles. The summed E-state index contributed by atoms with van der Waals surface area (Å²) in [6, 6.07) is 22.9. The van der Waals surface area contributed by atoms with Crippen LogP contribution in [0.25, 0.3) is 11.0 Å². The molecule has 4 heteroatoms. The van der Waals surface area contributed by atoms with Crippen molar-refractivity contribution in [1.29, 1.82) is 0 Å². The van der Waals surface area contributed by atoms with Crippen molar-refractivity contribution >= 4 is 39.7 Å². The van der Waals surface area contributed by atoms with Crippen LogP contribution in [-0.4, -0.2) is 9.97 Å². The smallest absolute Gasteiger partial charge is 0.181 e. The number of hydrogen-bond acceptors (Lipinski definition) is 4. The molecule has 1 aliphatic rings. The van der Waals surface area contributed by atoms with Gasteiger partial charge >= 0.3 is 0 Å². The van der Waals surface area contributed by atoms with E-state index >= 15 is 0 Å². The summed E-state index contributed by atoms with van der Waals surface area (Å²) in [5, 5.41) is 3.46. The number of aryl methyl sites for hydroxylation is 2. The summed E-state index contributed by atoms with van der Waals surface area (Å²) in [4.78, 5) is 11.9. The van der Waals surface area contributed by atoms with E-state index in [2.05, 4.69) is 66.5 Å². The van der Waals surface area contributed by atoms with Gasteiger partial charge in [-0.1, -0.05) is 35.9 Å². The molecule has 0 saturated heterocycles. The van der Waals surface area contributed by atoms with Crippen molar-refractivity contribution in [3.05, 3.63) is 77.9 Å². The third kappa shape index (κ3) is 2.30. The van der Waals surface area contributed by atoms with Crippen LogP contribution < -0.4 is 10.2 Å². The minimum Gasteiger partial charge on any atom is -0.335 e. The van der Waals surface area contributed by atoms with Crippen molar-refractivity contribution in [3.63, 3.8) is 0 Å². The molecule has 26 heavy (non-hydrogen) atoms. The fourth-order valence-corrected chi connectivity index (χ4v) is 3.36. The molecule has 0 amide bonds. The van der Waals surface area contributed by atoms with Crippen LogP contribution >= 0.6 is 0 Å². The average Bonchev–Trinajstić information content (AvgIpc) is 2.66. The van der Waals surface area contributed by atoms with Gasteiger partial charge in [0.05, 0.1) is 22.4 Å². The average molecular weight is 338 g/mol. The SMILES string of the molecule is Cc1ccc(N2c3cc(C)ccc3Nc3nc4ccccc4nc32)cc1. The lowest BCUT2D eigenvalue weighted by atomic mass is 10.1. The van der Waals surface area contributed by atoms with E-state index < -0.39 is 0 Å². The highest BCUT2D eigenvalue weighted by Crippen LogP contribution is 2.46. The van der Waals surface area contributed by atoms with Crippen molar-refractivity contribution in [1.82, 2.24) is 9.97 Å². The number of benzene rings is 3. The zero-order valence-corrected chi connectivity index (χ0v) is 14.7. The van der Waals surface area contributed by atoms with Crippen molar-refractivity contribution in [3.8, 4) is 0 Å². The first-order valence-electron chi connectivity index (χ1n) is 8.70. The Hall–Kier alpha value is -3.40. The molecule has 4 nitrogen and oxygen atoms in total. The third-order valence-electron chi connectivity index (χ3n) is 4.70. The Morgan fingerprint density at radius 1 is 0.769 bits per heavy atom. The fraction of sp³-hybridized carbons (Fsp3) is 0.0909. The van der Waals surface area contributed by atoms with E-state index in [1.165, 1.54) is 11.1 Å². The largest absolute Gasteiger partial charge is 0.335 e. The molecule has 0 unspecified atom stereocenters. The van der Waals surface area contributed by atoms with E-state index in [9.17, 15) is 0 Å². The summed E-state index contributed by atoms with van der Waals surface area (Å²) in [6.45, 7) is 4.20. The first kappa shape index (κ1) is 14.9. The number of fused-ring (bicyclic) bond motifs is 3. The highest BCUT2D eigenvalue weighted by Gasteiger charge is 2.27. The normalized spacial score (nSPS) is 12.5. The maximum Gasteiger partial charge on any atom is 0.181 e. The number of rotatable bonds is 1.